The number of hydrogen-bond donors (Lipinski definition) is 0. The maximum atomic E-state index is 15.1. The summed E-state index contributed by atoms with van der Waals surface area (Å²) in [5.41, 5.74) is 8.57. The molecule has 4 heterocycles. The van der Waals surface area contributed by atoms with Crippen LogP contribution >= 0.6 is 25.7 Å². The van der Waals surface area contributed by atoms with Gasteiger partial charge in [0.1, 0.15) is 23.0 Å². The summed E-state index contributed by atoms with van der Waals surface area (Å²) in [7, 11) is -4.17. The molecular formula is C60H40N2O6P4S5. The van der Waals surface area contributed by atoms with E-state index in [9.17, 15) is 0 Å². The summed E-state index contributed by atoms with van der Waals surface area (Å²) in [6.45, 7) is 0. The van der Waals surface area contributed by atoms with Crippen LogP contribution in [-0.2, 0) is 57.1 Å². The molecule has 0 radical (unpaired) electrons. The Bertz CT molecular complexity index is 3950. The SMILES string of the molecule is O=S(=O)(c1ccc(N(P2(=S)Oc3ccccc3-c3ccccc32)P2(=S)Oc3ccccc3-c3ccccc32)cc1)c1ccc(N(P2(=S)Oc3ccccc3-c3ccccc32)P2(=S)Oc3ccccc3-c3ccccc32)cc1. The van der Waals surface area contributed by atoms with Crippen LogP contribution in [0.2, 0.25) is 0 Å². The fourth-order valence-corrected chi connectivity index (χ4v) is 32.7. The number of nitrogens with zero attached hydrogens (tertiary/aromatic N) is 2. The van der Waals surface area contributed by atoms with Crippen LogP contribution in [0.15, 0.2) is 252 Å². The van der Waals surface area contributed by atoms with Crippen molar-refractivity contribution in [3.8, 4) is 67.5 Å². The molecule has 17 heteroatoms. The highest BCUT2D eigenvalue weighted by Crippen LogP contribution is 2.74. The molecule has 10 aromatic rings. The Morgan fingerprint density at radius 2 is 0.481 bits per heavy atom. The second-order valence-electron chi connectivity index (χ2n) is 18.6. The molecule has 0 aliphatic carbocycles. The number of sulfone groups is 1. The lowest BCUT2D eigenvalue weighted by molar-refractivity contribution is 0.596. The highest BCUT2D eigenvalue weighted by atomic mass is 32.5. The molecular weight excluding hydrogens is 1130 g/mol. The van der Waals surface area contributed by atoms with Gasteiger partial charge in [-0.3, -0.25) is 0 Å². The van der Waals surface area contributed by atoms with Gasteiger partial charge >= 0.3 is 0 Å². The molecule has 4 unspecified atom stereocenters. The fraction of sp³-hybridized carbons (Fsp3) is 0. The van der Waals surface area contributed by atoms with Gasteiger partial charge in [0.2, 0.25) is 35.5 Å². The Labute approximate surface area is 467 Å². The first-order valence-corrected chi connectivity index (χ1v) is 36.6. The summed E-state index contributed by atoms with van der Waals surface area (Å²) >= 11 is 27.7. The van der Waals surface area contributed by atoms with E-state index in [2.05, 4.69) is 24.3 Å². The lowest BCUT2D eigenvalue weighted by Gasteiger charge is -2.47. The third-order valence-corrected chi connectivity index (χ3v) is 34.4. The van der Waals surface area contributed by atoms with Gasteiger partial charge in [-0.1, -0.05) is 146 Å². The summed E-state index contributed by atoms with van der Waals surface area (Å²) in [5.74, 6) is 2.53. The molecule has 376 valence electrons. The van der Waals surface area contributed by atoms with Crippen LogP contribution in [0, 0.1) is 0 Å². The lowest BCUT2D eigenvalue weighted by atomic mass is 10.0. The average Bonchev–Trinajstić information content (AvgIpc) is 3.59. The van der Waals surface area contributed by atoms with Gasteiger partial charge in [0.05, 0.1) is 21.2 Å². The standard InChI is InChI=1S/C60H40N2O6P4S5/c63-77(64,43-37-33-41(34-38-43)61(69(73)57-29-13-5-21-49(57)45-17-1-9-25-53(45)65-69)70(74)58-30-14-6-22-50(58)46-18-2-10-26-54(46)66-70)44-39-35-42(36-40-44)62(71(75)59-31-15-7-23-51(59)47-19-3-11-27-55(47)67-71)72(76)60-32-16-8-24-52(60)48-20-4-12-28-56(48)68-72/h1-40H. The number of rotatable bonds is 8. The summed E-state index contributed by atoms with van der Waals surface area (Å²) in [6.07, 6.45) is -13.6. The predicted molar refractivity (Wildman–Crippen MR) is 329 cm³/mol. The van der Waals surface area contributed by atoms with Crippen LogP contribution in [-0.4, -0.2) is 8.42 Å². The van der Waals surface area contributed by atoms with Crippen molar-refractivity contribution in [3.63, 3.8) is 0 Å². The van der Waals surface area contributed by atoms with Gasteiger partial charge < -0.3 is 18.1 Å². The minimum Gasteiger partial charge on any atom is -0.444 e. The number of fused-ring (bicyclic) bond motifs is 12. The molecule has 4 aliphatic heterocycles. The monoisotopic (exact) mass is 1170 g/mol. The highest BCUT2D eigenvalue weighted by Gasteiger charge is 2.51. The number of hydrogen-bond acceptors (Lipinski definition) is 10. The van der Waals surface area contributed by atoms with Gasteiger partial charge in [-0.15, -0.1) is 0 Å². The summed E-state index contributed by atoms with van der Waals surface area (Å²) in [6, 6.07) is 77.1. The second-order valence-corrected chi connectivity index (χ2v) is 35.5. The quantitative estimate of drug-likeness (QED) is 0.136. The third kappa shape index (κ3) is 7.51. The zero-order chi connectivity index (χ0) is 52.3. The largest absolute Gasteiger partial charge is 0.444 e. The van der Waals surface area contributed by atoms with Crippen LogP contribution < -0.4 is 48.2 Å². The van der Waals surface area contributed by atoms with E-state index < -0.39 is 35.5 Å². The molecule has 0 bridgehead atoms. The molecule has 0 N–H and O–H groups in total. The Kier molecular flexibility index (Phi) is 11.6. The molecule has 0 saturated carbocycles. The van der Waals surface area contributed by atoms with Crippen LogP contribution in [0.4, 0.5) is 11.4 Å². The van der Waals surface area contributed by atoms with E-state index in [1.54, 1.807) is 48.5 Å². The van der Waals surface area contributed by atoms with E-state index >= 15 is 8.42 Å². The zero-order valence-corrected chi connectivity index (χ0v) is 47.9. The molecule has 0 aromatic heterocycles. The van der Waals surface area contributed by atoms with Crippen molar-refractivity contribution in [3.05, 3.63) is 243 Å². The highest BCUT2D eigenvalue weighted by molar-refractivity contribution is 8.28. The minimum atomic E-state index is -4.17. The molecule has 0 amide bonds. The lowest BCUT2D eigenvalue weighted by Crippen LogP contribution is -2.36. The van der Waals surface area contributed by atoms with Gasteiger partial charge in [0.15, 0.2) is 0 Å². The minimum absolute atomic E-state index is 0.0618. The summed E-state index contributed by atoms with van der Waals surface area (Å²) in [4.78, 5) is 0.124. The second kappa shape index (κ2) is 18.3. The molecule has 10 aromatic carbocycles. The van der Waals surface area contributed by atoms with Gasteiger partial charge in [0.25, 0.3) is 0 Å². The Morgan fingerprint density at radius 3 is 0.727 bits per heavy atom. The van der Waals surface area contributed by atoms with Crippen molar-refractivity contribution < 1.29 is 26.5 Å². The van der Waals surface area contributed by atoms with E-state index in [0.717, 1.165) is 65.7 Å². The molecule has 8 nitrogen and oxygen atoms in total. The first kappa shape index (κ1) is 48.9. The Balaban J connectivity index is 0.891. The van der Waals surface area contributed by atoms with Crippen LogP contribution in [0.1, 0.15) is 0 Å². The van der Waals surface area contributed by atoms with Crippen molar-refractivity contribution in [1.82, 2.24) is 0 Å². The maximum absolute atomic E-state index is 15.1. The number of anilines is 2. The molecule has 0 fully saturated rings. The molecule has 4 atom stereocenters. The molecule has 77 heavy (non-hydrogen) atoms. The predicted octanol–water partition coefficient (Wildman–Crippen LogP) is 14.9. The van der Waals surface area contributed by atoms with Crippen LogP contribution in [0.3, 0.4) is 0 Å². The van der Waals surface area contributed by atoms with E-state index in [4.69, 9.17) is 65.3 Å². The number of benzene rings is 10. The topological polar surface area (TPSA) is 77.5 Å². The van der Waals surface area contributed by atoms with Crippen LogP contribution in [0.5, 0.6) is 23.0 Å². The molecule has 0 saturated heterocycles. The van der Waals surface area contributed by atoms with Crippen molar-refractivity contribution in [2.45, 2.75) is 9.79 Å². The van der Waals surface area contributed by atoms with Crippen molar-refractivity contribution in [1.29, 1.82) is 0 Å². The zero-order valence-electron chi connectivity index (χ0n) is 40.3. The Morgan fingerprint density at radius 1 is 0.273 bits per heavy atom. The average molecular weight is 1170 g/mol. The normalized spacial score (nSPS) is 20.9. The van der Waals surface area contributed by atoms with Crippen molar-refractivity contribution in [2.24, 2.45) is 0 Å². The van der Waals surface area contributed by atoms with E-state index in [1.807, 2.05) is 179 Å². The summed E-state index contributed by atoms with van der Waals surface area (Å²) in [5, 5.41) is 3.25. The Hall–Kier alpha value is -6.45. The van der Waals surface area contributed by atoms with E-state index in [1.165, 1.54) is 0 Å². The van der Waals surface area contributed by atoms with Gasteiger partial charge in [-0.2, -0.15) is 0 Å². The van der Waals surface area contributed by atoms with Crippen molar-refractivity contribution in [2.75, 3.05) is 8.88 Å². The summed E-state index contributed by atoms with van der Waals surface area (Å²) < 4.78 is 62.7. The van der Waals surface area contributed by atoms with Gasteiger partial charge in [0, 0.05) is 43.5 Å². The maximum Gasteiger partial charge on any atom is 0.241 e. The van der Waals surface area contributed by atoms with Crippen molar-refractivity contribution >= 4 is 115 Å². The molecule has 0 spiro atoms. The first-order chi connectivity index (χ1) is 37.4. The van der Waals surface area contributed by atoms with E-state index in [-0.39, 0.29) is 9.79 Å². The fourth-order valence-electron chi connectivity index (χ4n) is 10.7. The number of para-hydroxylation sites is 4. The molecule has 4 aliphatic rings. The van der Waals surface area contributed by atoms with E-state index in [0.29, 0.717) is 34.4 Å². The molecule has 14 rings (SSSR count). The van der Waals surface area contributed by atoms with Gasteiger partial charge in [-0.05, 0) is 167 Å². The third-order valence-electron chi connectivity index (χ3n) is 14.2. The van der Waals surface area contributed by atoms with Crippen LogP contribution in [0.25, 0.3) is 44.5 Å². The van der Waals surface area contributed by atoms with Gasteiger partial charge in [-0.25, -0.2) is 17.3 Å². The first-order valence-electron chi connectivity index (χ1n) is 24.4. The smallest absolute Gasteiger partial charge is 0.241 e.